The Morgan fingerprint density at radius 1 is 1.06 bits per heavy atom. The third-order valence-corrected chi connectivity index (χ3v) is 7.75. The van der Waals surface area contributed by atoms with E-state index in [1.165, 1.54) is 30.6 Å². The molecule has 47 heavy (non-hydrogen) atoms. The van der Waals surface area contributed by atoms with Crippen LogP contribution in [0.1, 0.15) is 43.9 Å². The van der Waals surface area contributed by atoms with Gasteiger partial charge in [0, 0.05) is 47.7 Å². The Kier molecular flexibility index (Phi) is 8.60. The summed E-state index contributed by atoms with van der Waals surface area (Å²) in [6, 6.07) is 16.5. The quantitative estimate of drug-likeness (QED) is 0.194. The Morgan fingerprint density at radius 3 is 2.66 bits per heavy atom. The van der Waals surface area contributed by atoms with E-state index in [1.54, 1.807) is 32.4 Å². The van der Waals surface area contributed by atoms with E-state index in [0.717, 1.165) is 33.2 Å². The summed E-state index contributed by atoms with van der Waals surface area (Å²) in [6.07, 6.45) is -1.34. The Morgan fingerprint density at radius 2 is 1.89 bits per heavy atom. The summed E-state index contributed by atoms with van der Waals surface area (Å²) in [5.41, 5.74) is 2.21. The minimum atomic E-state index is -4.83. The molecule has 4 heterocycles. The van der Waals surface area contributed by atoms with E-state index in [1.807, 2.05) is 24.3 Å². The number of nitriles is 1. The van der Waals surface area contributed by atoms with Crippen LogP contribution in [0.5, 0.6) is 11.5 Å². The van der Waals surface area contributed by atoms with Crippen LogP contribution in [0.25, 0.3) is 10.9 Å². The molecule has 0 fully saturated rings. The zero-order valence-electron chi connectivity index (χ0n) is 25.3. The molecular formula is C34H27F3N6O4. The molecule has 0 saturated heterocycles. The van der Waals surface area contributed by atoms with E-state index < -0.39 is 23.5 Å². The summed E-state index contributed by atoms with van der Waals surface area (Å²) in [5, 5.41) is 13.5. The van der Waals surface area contributed by atoms with Crippen LogP contribution in [0.15, 0.2) is 73.2 Å². The highest BCUT2D eigenvalue weighted by Crippen LogP contribution is 2.37. The number of halogens is 3. The lowest BCUT2D eigenvalue weighted by atomic mass is 10.0. The molecule has 0 bridgehead atoms. The second kappa shape index (κ2) is 12.9. The number of ether oxygens (including phenoxy) is 3. The van der Waals surface area contributed by atoms with Gasteiger partial charge < -0.3 is 24.4 Å². The van der Waals surface area contributed by atoms with Crippen molar-refractivity contribution in [2.45, 2.75) is 32.5 Å². The second-order valence-electron chi connectivity index (χ2n) is 10.6. The zero-order chi connectivity index (χ0) is 33.1. The molecule has 2 aromatic carbocycles. The molecule has 1 amide bonds. The number of pyridine rings is 3. The van der Waals surface area contributed by atoms with Gasteiger partial charge in [0.15, 0.2) is 5.69 Å². The number of fused-ring (bicyclic) bond motifs is 3. The van der Waals surface area contributed by atoms with Gasteiger partial charge in [0.2, 0.25) is 0 Å². The van der Waals surface area contributed by atoms with Gasteiger partial charge in [-0.15, -0.1) is 0 Å². The summed E-state index contributed by atoms with van der Waals surface area (Å²) >= 11 is 0. The van der Waals surface area contributed by atoms with Crippen LogP contribution in [0.2, 0.25) is 0 Å². The van der Waals surface area contributed by atoms with Gasteiger partial charge in [-0.1, -0.05) is 12.1 Å². The predicted molar refractivity (Wildman–Crippen MR) is 166 cm³/mol. The lowest BCUT2D eigenvalue weighted by Gasteiger charge is -2.26. The highest BCUT2D eigenvalue weighted by atomic mass is 19.4. The van der Waals surface area contributed by atoms with Crippen LogP contribution in [0.3, 0.4) is 0 Å². The van der Waals surface area contributed by atoms with Gasteiger partial charge in [-0.05, 0) is 47.5 Å². The van der Waals surface area contributed by atoms with Crippen LogP contribution < -0.4 is 19.7 Å². The fraction of sp³-hybridized carbons (Fsp3) is 0.206. The third kappa shape index (κ3) is 6.36. The summed E-state index contributed by atoms with van der Waals surface area (Å²) < 4.78 is 58.9. The first-order chi connectivity index (χ1) is 22.7. The molecular weight excluding hydrogens is 613 g/mol. The first kappa shape index (κ1) is 31.3. The number of anilines is 2. The van der Waals surface area contributed by atoms with Gasteiger partial charge in [0.25, 0.3) is 5.91 Å². The Hall–Kier alpha value is -5.74. The molecule has 1 aliphatic rings. The molecule has 5 aromatic rings. The van der Waals surface area contributed by atoms with Crippen LogP contribution in [-0.2, 0) is 37.2 Å². The highest BCUT2D eigenvalue weighted by molar-refractivity contribution is 6.06. The number of hydrogen-bond donors (Lipinski definition) is 1. The number of methoxy groups -OCH3 is 2. The Labute approximate surface area is 267 Å². The standard InChI is InChI=1S/C34H27F3N6O4/c1-45-24-7-6-22(30(12-24)46-2)16-41-32-27-19-47-18-26(27)25-8-5-20(11-28(25)42-32)17-43(29-4-3-9-40-31(29)34(35,36)37)33(44)23-10-21(13-38)14-39-15-23/h3-12,14-15H,16-19H2,1-2H3,(H,41,42). The fourth-order valence-corrected chi connectivity index (χ4v) is 5.47. The SMILES string of the molecule is COc1ccc(CNc2nc3cc(CN(C(=O)c4cncc(C#N)c4)c4cccnc4C(F)(F)F)ccc3c3c2COC3)c(OC)c1. The van der Waals surface area contributed by atoms with Gasteiger partial charge >= 0.3 is 6.18 Å². The van der Waals surface area contributed by atoms with Crippen molar-refractivity contribution in [3.05, 3.63) is 112 Å². The van der Waals surface area contributed by atoms with Gasteiger partial charge in [-0.25, -0.2) is 9.97 Å². The number of alkyl halides is 3. The maximum absolute atomic E-state index is 14.1. The molecule has 0 aliphatic carbocycles. The predicted octanol–water partition coefficient (Wildman–Crippen LogP) is 6.42. The zero-order valence-corrected chi connectivity index (χ0v) is 25.3. The van der Waals surface area contributed by atoms with Crippen molar-refractivity contribution >= 4 is 28.3 Å². The molecule has 3 aromatic heterocycles. The monoisotopic (exact) mass is 640 g/mol. The average Bonchev–Trinajstić information content (AvgIpc) is 3.59. The number of nitrogens with one attached hydrogen (secondary N) is 1. The number of rotatable bonds is 9. The molecule has 10 nitrogen and oxygen atoms in total. The van der Waals surface area contributed by atoms with Gasteiger partial charge in [0.1, 0.15) is 23.4 Å². The molecule has 1 aliphatic heterocycles. The smallest absolute Gasteiger partial charge is 0.435 e. The lowest BCUT2D eigenvalue weighted by Crippen LogP contribution is -2.33. The lowest BCUT2D eigenvalue weighted by molar-refractivity contribution is -0.140. The first-order valence-corrected chi connectivity index (χ1v) is 14.4. The van der Waals surface area contributed by atoms with Crippen molar-refractivity contribution in [2.24, 2.45) is 0 Å². The fourth-order valence-electron chi connectivity index (χ4n) is 5.47. The largest absolute Gasteiger partial charge is 0.497 e. The van der Waals surface area contributed by atoms with Crippen molar-refractivity contribution in [1.82, 2.24) is 15.0 Å². The summed E-state index contributed by atoms with van der Waals surface area (Å²) in [5.74, 6) is 1.12. The van der Waals surface area contributed by atoms with E-state index in [9.17, 15) is 23.2 Å². The summed E-state index contributed by atoms with van der Waals surface area (Å²) in [4.78, 5) is 27.1. The molecule has 0 atom stereocenters. The number of hydrogen-bond acceptors (Lipinski definition) is 9. The minimum absolute atomic E-state index is 0.0460. The van der Waals surface area contributed by atoms with Crippen LogP contribution in [0.4, 0.5) is 24.7 Å². The molecule has 238 valence electrons. The Balaban J connectivity index is 1.38. The molecule has 1 N–H and O–H groups in total. The number of aromatic nitrogens is 3. The Bertz CT molecular complexity index is 2030. The van der Waals surface area contributed by atoms with Crippen molar-refractivity contribution in [3.8, 4) is 17.6 Å². The van der Waals surface area contributed by atoms with Crippen molar-refractivity contribution in [1.29, 1.82) is 5.26 Å². The average molecular weight is 641 g/mol. The minimum Gasteiger partial charge on any atom is -0.497 e. The molecule has 0 radical (unpaired) electrons. The molecule has 6 rings (SSSR count). The van der Waals surface area contributed by atoms with Crippen molar-refractivity contribution < 1.29 is 32.2 Å². The number of carbonyl (C=O) groups excluding carboxylic acids is 1. The van der Waals surface area contributed by atoms with Crippen LogP contribution in [0, 0.1) is 11.3 Å². The number of nitrogens with zero attached hydrogens (tertiary/aromatic N) is 5. The van der Waals surface area contributed by atoms with Crippen molar-refractivity contribution in [3.63, 3.8) is 0 Å². The number of amides is 1. The normalized spacial score (nSPS) is 12.3. The summed E-state index contributed by atoms with van der Waals surface area (Å²) in [6.45, 7) is 0.867. The van der Waals surface area contributed by atoms with E-state index in [2.05, 4.69) is 15.3 Å². The maximum atomic E-state index is 14.1. The molecule has 13 heteroatoms. The number of benzene rings is 2. The van der Waals surface area contributed by atoms with Gasteiger partial charge in [-0.2, -0.15) is 18.4 Å². The third-order valence-electron chi connectivity index (χ3n) is 7.75. The van der Waals surface area contributed by atoms with E-state index in [4.69, 9.17) is 19.2 Å². The molecule has 0 saturated carbocycles. The summed E-state index contributed by atoms with van der Waals surface area (Å²) in [7, 11) is 3.15. The van der Waals surface area contributed by atoms with Gasteiger partial charge in [0.05, 0.1) is 56.3 Å². The van der Waals surface area contributed by atoms with Crippen LogP contribution >= 0.6 is 0 Å². The van der Waals surface area contributed by atoms with E-state index in [-0.39, 0.29) is 17.7 Å². The topological polar surface area (TPSA) is 122 Å². The second-order valence-corrected chi connectivity index (χ2v) is 10.6. The maximum Gasteiger partial charge on any atom is 0.435 e. The number of carbonyl (C=O) groups is 1. The van der Waals surface area contributed by atoms with E-state index >= 15 is 0 Å². The van der Waals surface area contributed by atoms with Gasteiger partial charge in [-0.3, -0.25) is 9.78 Å². The molecule has 0 spiro atoms. The first-order valence-electron chi connectivity index (χ1n) is 14.4. The van der Waals surface area contributed by atoms with Crippen LogP contribution in [-0.4, -0.2) is 35.1 Å². The van der Waals surface area contributed by atoms with E-state index in [0.29, 0.717) is 48.2 Å². The molecule has 0 unspecified atom stereocenters. The van der Waals surface area contributed by atoms with Crippen molar-refractivity contribution in [2.75, 3.05) is 24.4 Å². The highest BCUT2D eigenvalue weighted by Gasteiger charge is 2.38.